The molecule has 0 aromatic carbocycles. The number of carboxylic acid groups (broad SMARTS) is 1. The van der Waals surface area contributed by atoms with E-state index >= 15 is 0 Å². The zero-order valence-electron chi connectivity index (χ0n) is 11.9. The van der Waals surface area contributed by atoms with Crippen LogP contribution in [0.15, 0.2) is 0 Å². The molecule has 0 aromatic heterocycles. The number of hydrogen-bond donors (Lipinski definition) is 2. The van der Waals surface area contributed by atoms with E-state index in [1.165, 1.54) is 0 Å². The molecule has 0 unspecified atom stereocenters. The molecule has 5 nitrogen and oxygen atoms in total. The first-order chi connectivity index (χ1) is 7.74. The molecule has 0 heterocycles. The number of amides is 1. The normalized spacial score (nSPS) is 9.06. The number of nitrogens with one attached hydrogen (secondary N) is 1. The third kappa shape index (κ3) is 52.1. The molecular weight excluding hydrogens is 222 g/mol. The fourth-order valence-electron chi connectivity index (χ4n) is 0.328. The van der Waals surface area contributed by atoms with E-state index in [1.807, 2.05) is 27.7 Å². The van der Waals surface area contributed by atoms with Crippen LogP contribution in [0.2, 0.25) is 0 Å². The van der Waals surface area contributed by atoms with Crippen molar-refractivity contribution in [2.24, 2.45) is 0 Å². The minimum absolute atomic E-state index is 0.0417. The zero-order chi connectivity index (χ0) is 14.3. The highest BCUT2D eigenvalue weighted by molar-refractivity contribution is 5.66. The summed E-state index contributed by atoms with van der Waals surface area (Å²) in [5.41, 5.74) is 0.0417. The lowest BCUT2D eigenvalue weighted by atomic mass is 10.2. The van der Waals surface area contributed by atoms with Crippen molar-refractivity contribution in [2.75, 3.05) is 14.2 Å². The number of carbonyl (C=O) groups excluding carboxylic acids is 1. The molecule has 0 spiro atoms. The van der Waals surface area contributed by atoms with Crippen molar-refractivity contribution in [2.45, 2.75) is 52.6 Å². The molecule has 0 saturated carbocycles. The molecule has 0 atom stereocenters. The van der Waals surface area contributed by atoms with Gasteiger partial charge in [0.25, 0.3) is 0 Å². The average Bonchev–Trinajstić information content (AvgIpc) is 2.26. The number of methoxy groups -OCH3 is 1. The van der Waals surface area contributed by atoms with Crippen LogP contribution in [-0.4, -0.2) is 37.2 Å². The highest BCUT2D eigenvalue weighted by Crippen LogP contribution is 2.02. The molecule has 0 aromatic rings. The van der Waals surface area contributed by atoms with Gasteiger partial charge in [-0.2, -0.15) is 0 Å². The van der Waals surface area contributed by atoms with Crippen molar-refractivity contribution in [3.8, 4) is 0 Å². The van der Waals surface area contributed by atoms with Gasteiger partial charge in [-0.15, -0.1) is 0 Å². The van der Waals surface area contributed by atoms with Crippen LogP contribution < -0.4 is 5.32 Å². The van der Waals surface area contributed by atoms with Crippen LogP contribution in [0, 0.1) is 0 Å². The van der Waals surface area contributed by atoms with Gasteiger partial charge in [-0.1, -0.05) is 13.3 Å². The Kier molecular flexibility index (Phi) is 18.6. The van der Waals surface area contributed by atoms with Gasteiger partial charge in [0.15, 0.2) is 0 Å². The third-order valence-electron chi connectivity index (χ3n) is 1.47. The molecule has 17 heavy (non-hydrogen) atoms. The second kappa shape index (κ2) is 14.9. The van der Waals surface area contributed by atoms with Crippen LogP contribution in [0.5, 0.6) is 0 Å². The minimum atomic E-state index is -0.693. The van der Waals surface area contributed by atoms with Gasteiger partial charge in [-0.25, -0.2) is 0 Å². The molecule has 1 amide bonds. The van der Waals surface area contributed by atoms with Gasteiger partial charge < -0.3 is 15.2 Å². The predicted molar refractivity (Wildman–Crippen MR) is 69.0 cm³/mol. The van der Waals surface area contributed by atoms with E-state index in [0.29, 0.717) is 12.8 Å². The van der Waals surface area contributed by atoms with Crippen LogP contribution in [0.1, 0.15) is 47.0 Å². The van der Waals surface area contributed by atoms with Gasteiger partial charge in [0.2, 0.25) is 6.41 Å². The van der Waals surface area contributed by atoms with Crippen LogP contribution in [0.3, 0.4) is 0 Å². The topological polar surface area (TPSA) is 75.6 Å². The monoisotopic (exact) mass is 249 g/mol. The molecule has 0 aliphatic rings. The first kappa shape index (κ1) is 21.2. The Balaban J connectivity index is -0.000000180. The summed E-state index contributed by atoms with van der Waals surface area (Å²) in [6.07, 6.45) is 2.71. The lowest BCUT2D eigenvalue weighted by Crippen LogP contribution is -2.15. The summed E-state index contributed by atoms with van der Waals surface area (Å²) in [5.74, 6) is -0.693. The third-order valence-corrected chi connectivity index (χ3v) is 1.47. The van der Waals surface area contributed by atoms with E-state index in [9.17, 15) is 4.79 Å². The Morgan fingerprint density at radius 2 is 1.76 bits per heavy atom. The maximum Gasteiger partial charge on any atom is 0.303 e. The second-order valence-electron chi connectivity index (χ2n) is 4.22. The lowest BCUT2D eigenvalue weighted by Gasteiger charge is -2.14. The van der Waals surface area contributed by atoms with Gasteiger partial charge in [0.1, 0.15) is 0 Å². The van der Waals surface area contributed by atoms with E-state index in [0.717, 1.165) is 12.8 Å². The SMILES string of the molecule is CCCCC(=O)O.CNC=O.COC(C)(C)C. The van der Waals surface area contributed by atoms with Gasteiger partial charge in [0, 0.05) is 20.6 Å². The number of rotatable bonds is 4. The van der Waals surface area contributed by atoms with Crippen molar-refractivity contribution < 1.29 is 19.4 Å². The molecule has 104 valence electrons. The maximum absolute atomic E-state index is 9.76. The summed E-state index contributed by atoms with van der Waals surface area (Å²) < 4.78 is 4.94. The number of unbranched alkanes of at least 4 members (excludes halogenated alkanes) is 1. The first-order valence-corrected chi connectivity index (χ1v) is 5.63. The second-order valence-corrected chi connectivity index (χ2v) is 4.22. The van der Waals surface area contributed by atoms with Gasteiger partial charge in [-0.05, 0) is 27.2 Å². The van der Waals surface area contributed by atoms with Crippen LogP contribution in [-0.2, 0) is 14.3 Å². The van der Waals surface area contributed by atoms with Gasteiger partial charge in [0.05, 0.1) is 5.60 Å². The van der Waals surface area contributed by atoms with E-state index in [2.05, 4.69) is 5.32 Å². The van der Waals surface area contributed by atoms with E-state index < -0.39 is 5.97 Å². The molecule has 0 rings (SSSR count). The highest BCUT2D eigenvalue weighted by atomic mass is 16.5. The molecule has 0 bridgehead atoms. The number of carbonyl (C=O) groups is 2. The summed E-state index contributed by atoms with van der Waals surface area (Å²) in [4.78, 5) is 18.8. The molecule has 5 heteroatoms. The molecule has 0 aliphatic carbocycles. The standard InChI is InChI=1S/C5H10O2.C5H12O.C2H5NO/c1-2-3-4-5(6)7;1-5(2,3)6-4;1-3-2-4/h2-4H2,1H3,(H,6,7);1-4H3;2H,1H3,(H,3,4). The van der Waals surface area contributed by atoms with E-state index in [-0.39, 0.29) is 5.60 Å². The van der Waals surface area contributed by atoms with Crippen molar-refractivity contribution in [3.05, 3.63) is 0 Å². The lowest BCUT2D eigenvalue weighted by molar-refractivity contribution is -0.137. The Hall–Kier alpha value is -1.10. The largest absolute Gasteiger partial charge is 0.481 e. The summed E-state index contributed by atoms with van der Waals surface area (Å²) in [5, 5.41) is 10.3. The number of carboxylic acids is 1. The number of hydrogen-bond acceptors (Lipinski definition) is 3. The van der Waals surface area contributed by atoms with Crippen molar-refractivity contribution >= 4 is 12.4 Å². The Bertz CT molecular complexity index is 176. The minimum Gasteiger partial charge on any atom is -0.481 e. The summed E-state index contributed by atoms with van der Waals surface area (Å²) in [7, 11) is 3.27. The summed E-state index contributed by atoms with van der Waals surface area (Å²) in [6, 6.07) is 0. The van der Waals surface area contributed by atoms with Crippen molar-refractivity contribution in [3.63, 3.8) is 0 Å². The van der Waals surface area contributed by atoms with Crippen molar-refractivity contribution in [1.29, 1.82) is 0 Å². The molecule has 0 radical (unpaired) electrons. The predicted octanol–water partition coefficient (Wildman–Crippen LogP) is 2.05. The van der Waals surface area contributed by atoms with Crippen LogP contribution in [0.4, 0.5) is 0 Å². The fourth-order valence-corrected chi connectivity index (χ4v) is 0.328. The van der Waals surface area contributed by atoms with Crippen LogP contribution >= 0.6 is 0 Å². The highest BCUT2D eigenvalue weighted by Gasteiger charge is 2.04. The molecule has 2 N–H and O–H groups in total. The summed E-state index contributed by atoms with van der Waals surface area (Å²) >= 11 is 0. The number of aliphatic carboxylic acids is 1. The maximum atomic E-state index is 9.76. The summed E-state index contributed by atoms with van der Waals surface area (Å²) in [6.45, 7) is 8.04. The van der Waals surface area contributed by atoms with Crippen molar-refractivity contribution in [1.82, 2.24) is 5.32 Å². The smallest absolute Gasteiger partial charge is 0.303 e. The van der Waals surface area contributed by atoms with E-state index in [4.69, 9.17) is 14.6 Å². The van der Waals surface area contributed by atoms with Gasteiger partial charge >= 0.3 is 5.97 Å². The van der Waals surface area contributed by atoms with E-state index in [1.54, 1.807) is 14.2 Å². The Morgan fingerprint density at radius 3 is 1.82 bits per heavy atom. The molecule has 0 aliphatic heterocycles. The van der Waals surface area contributed by atoms with Crippen LogP contribution in [0.25, 0.3) is 0 Å². The molecule has 0 fully saturated rings. The first-order valence-electron chi connectivity index (χ1n) is 5.63. The quantitative estimate of drug-likeness (QED) is 0.748. The number of ether oxygens (including phenoxy) is 1. The average molecular weight is 249 g/mol. The molecule has 0 saturated heterocycles. The molecular formula is C12H27NO4. The Morgan fingerprint density at radius 1 is 1.41 bits per heavy atom. The Labute approximate surface area is 105 Å². The van der Waals surface area contributed by atoms with Gasteiger partial charge in [-0.3, -0.25) is 9.59 Å². The zero-order valence-corrected chi connectivity index (χ0v) is 11.9. The fraction of sp³-hybridized carbons (Fsp3) is 0.833.